The molecule has 2 aromatic heterocycles. The molecule has 0 aliphatic rings. The highest BCUT2D eigenvalue weighted by molar-refractivity contribution is 7.99. The molecule has 1 nitrogen and oxygen atoms in total. The van der Waals surface area contributed by atoms with Crippen molar-refractivity contribution in [3.8, 4) is 0 Å². The van der Waals surface area contributed by atoms with Gasteiger partial charge in [0, 0.05) is 21.4 Å². The Morgan fingerprint density at radius 3 is 2.71 bits per heavy atom. The average Bonchev–Trinajstić information content (AvgIpc) is 2.81. The van der Waals surface area contributed by atoms with E-state index in [2.05, 4.69) is 53.7 Å². The number of aryl methyl sites for hydroxylation is 1. The van der Waals surface area contributed by atoms with Gasteiger partial charge in [0.1, 0.15) is 4.83 Å². The second-order valence-corrected chi connectivity index (χ2v) is 5.87. The Morgan fingerprint density at radius 1 is 1.06 bits per heavy atom. The van der Waals surface area contributed by atoms with Crippen LogP contribution in [-0.4, -0.2) is 4.98 Å². The van der Waals surface area contributed by atoms with Gasteiger partial charge in [0.2, 0.25) is 0 Å². The Morgan fingerprint density at radius 2 is 1.88 bits per heavy atom. The predicted octanol–water partition coefficient (Wildman–Crippen LogP) is 4.76. The third kappa shape index (κ3) is 2.21. The van der Waals surface area contributed by atoms with Gasteiger partial charge in [-0.05, 0) is 36.6 Å². The van der Waals surface area contributed by atoms with Crippen molar-refractivity contribution in [1.82, 2.24) is 4.98 Å². The van der Waals surface area contributed by atoms with E-state index in [9.17, 15) is 0 Å². The van der Waals surface area contributed by atoms with Gasteiger partial charge >= 0.3 is 0 Å². The quantitative estimate of drug-likeness (QED) is 0.656. The van der Waals surface area contributed by atoms with Crippen molar-refractivity contribution in [3.05, 3.63) is 53.5 Å². The first-order valence-electron chi connectivity index (χ1n) is 5.40. The van der Waals surface area contributed by atoms with Crippen LogP contribution in [0.4, 0.5) is 0 Å². The van der Waals surface area contributed by atoms with Crippen molar-refractivity contribution >= 4 is 33.3 Å². The van der Waals surface area contributed by atoms with E-state index in [1.165, 1.54) is 20.7 Å². The van der Waals surface area contributed by atoms with Crippen molar-refractivity contribution < 1.29 is 0 Å². The maximum atomic E-state index is 4.36. The van der Waals surface area contributed by atoms with Crippen LogP contribution < -0.4 is 0 Å². The monoisotopic (exact) mass is 257 g/mol. The molecule has 0 aliphatic heterocycles. The third-order valence-electron chi connectivity index (χ3n) is 2.58. The molecule has 0 fully saturated rings. The van der Waals surface area contributed by atoms with E-state index >= 15 is 0 Å². The first-order chi connectivity index (χ1) is 8.33. The van der Waals surface area contributed by atoms with E-state index in [-0.39, 0.29) is 0 Å². The standard InChI is InChI=1S/C14H11NS2/c1-10-2-4-11(5-3-10)17-13-6-8-15-14-12(13)7-9-16-14/h2-9H,1H3. The largest absolute Gasteiger partial charge is 0.245 e. The molecule has 0 aliphatic carbocycles. The number of hydrogen-bond acceptors (Lipinski definition) is 3. The Hall–Kier alpha value is -1.32. The summed E-state index contributed by atoms with van der Waals surface area (Å²) in [6.07, 6.45) is 1.88. The summed E-state index contributed by atoms with van der Waals surface area (Å²) in [5.74, 6) is 0. The topological polar surface area (TPSA) is 12.9 Å². The molecular formula is C14H11NS2. The lowest BCUT2D eigenvalue weighted by atomic mass is 10.2. The number of aromatic nitrogens is 1. The van der Waals surface area contributed by atoms with E-state index in [0.29, 0.717) is 0 Å². The summed E-state index contributed by atoms with van der Waals surface area (Å²) < 4.78 is 0. The summed E-state index contributed by atoms with van der Waals surface area (Å²) in [4.78, 5) is 8.03. The minimum absolute atomic E-state index is 1.11. The first kappa shape index (κ1) is 10.8. The fourth-order valence-electron chi connectivity index (χ4n) is 1.67. The normalized spacial score (nSPS) is 10.9. The minimum atomic E-state index is 1.11. The summed E-state index contributed by atoms with van der Waals surface area (Å²) in [7, 11) is 0. The Balaban J connectivity index is 1.99. The zero-order valence-corrected chi connectivity index (χ0v) is 11.0. The SMILES string of the molecule is Cc1ccc(Sc2ccnc3sccc23)cc1. The zero-order valence-electron chi connectivity index (χ0n) is 9.38. The highest BCUT2D eigenvalue weighted by atomic mass is 32.2. The van der Waals surface area contributed by atoms with Crippen LogP contribution in [0.2, 0.25) is 0 Å². The minimum Gasteiger partial charge on any atom is -0.245 e. The van der Waals surface area contributed by atoms with E-state index in [1.807, 2.05) is 6.20 Å². The molecule has 0 unspecified atom stereocenters. The molecule has 0 bridgehead atoms. The fourth-order valence-corrected chi connectivity index (χ4v) is 3.43. The van der Waals surface area contributed by atoms with Crippen LogP contribution in [-0.2, 0) is 0 Å². The van der Waals surface area contributed by atoms with Crippen molar-refractivity contribution in [3.63, 3.8) is 0 Å². The van der Waals surface area contributed by atoms with Crippen molar-refractivity contribution in [2.75, 3.05) is 0 Å². The smallest absolute Gasteiger partial charge is 0.124 e. The highest BCUT2D eigenvalue weighted by Crippen LogP contribution is 2.34. The number of nitrogens with zero attached hydrogens (tertiary/aromatic N) is 1. The van der Waals surface area contributed by atoms with Gasteiger partial charge in [0.15, 0.2) is 0 Å². The van der Waals surface area contributed by atoms with E-state index < -0.39 is 0 Å². The summed E-state index contributed by atoms with van der Waals surface area (Å²) >= 11 is 3.49. The van der Waals surface area contributed by atoms with Crippen LogP contribution in [0.15, 0.2) is 57.8 Å². The lowest BCUT2D eigenvalue weighted by Gasteiger charge is -2.03. The molecule has 17 heavy (non-hydrogen) atoms. The summed E-state index contributed by atoms with van der Waals surface area (Å²) in [5, 5.41) is 3.35. The summed E-state index contributed by atoms with van der Waals surface area (Å²) in [6.45, 7) is 2.11. The van der Waals surface area contributed by atoms with E-state index in [4.69, 9.17) is 0 Å². The Labute approximate surface area is 109 Å². The van der Waals surface area contributed by atoms with Crippen LogP contribution in [0.3, 0.4) is 0 Å². The molecule has 0 N–H and O–H groups in total. The molecule has 1 aromatic carbocycles. The molecule has 3 heteroatoms. The molecule has 0 saturated carbocycles. The molecule has 0 saturated heterocycles. The Bertz CT molecular complexity index is 641. The van der Waals surface area contributed by atoms with Gasteiger partial charge in [-0.25, -0.2) is 4.98 Å². The summed E-state index contributed by atoms with van der Waals surface area (Å²) in [6, 6.07) is 12.9. The zero-order chi connectivity index (χ0) is 11.7. The van der Waals surface area contributed by atoms with Gasteiger partial charge in [-0.1, -0.05) is 29.5 Å². The van der Waals surface area contributed by atoms with Crippen LogP contribution in [0.5, 0.6) is 0 Å². The molecule has 3 rings (SSSR count). The van der Waals surface area contributed by atoms with Crippen LogP contribution in [0.1, 0.15) is 5.56 Å². The molecule has 84 valence electrons. The van der Waals surface area contributed by atoms with Crippen molar-refractivity contribution in [1.29, 1.82) is 0 Å². The lowest BCUT2D eigenvalue weighted by molar-refractivity contribution is 1.35. The second kappa shape index (κ2) is 4.51. The molecule has 0 atom stereocenters. The number of rotatable bonds is 2. The molecule has 0 spiro atoms. The predicted molar refractivity (Wildman–Crippen MR) is 74.9 cm³/mol. The van der Waals surface area contributed by atoms with Gasteiger partial charge < -0.3 is 0 Å². The van der Waals surface area contributed by atoms with Crippen LogP contribution in [0.25, 0.3) is 10.2 Å². The van der Waals surface area contributed by atoms with Gasteiger partial charge in [-0.2, -0.15) is 0 Å². The molecule has 0 amide bonds. The number of fused-ring (bicyclic) bond motifs is 1. The second-order valence-electron chi connectivity index (χ2n) is 3.86. The average molecular weight is 257 g/mol. The molecule has 3 aromatic rings. The number of hydrogen-bond donors (Lipinski definition) is 0. The fraction of sp³-hybridized carbons (Fsp3) is 0.0714. The van der Waals surface area contributed by atoms with Crippen LogP contribution >= 0.6 is 23.1 Å². The van der Waals surface area contributed by atoms with E-state index in [0.717, 1.165) is 4.83 Å². The van der Waals surface area contributed by atoms with Crippen molar-refractivity contribution in [2.45, 2.75) is 16.7 Å². The third-order valence-corrected chi connectivity index (χ3v) is 4.48. The summed E-state index contributed by atoms with van der Waals surface area (Å²) in [5.41, 5.74) is 1.30. The van der Waals surface area contributed by atoms with Gasteiger partial charge in [0.05, 0.1) is 0 Å². The first-order valence-corrected chi connectivity index (χ1v) is 7.09. The maximum Gasteiger partial charge on any atom is 0.124 e. The Kier molecular flexibility index (Phi) is 2.87. The number of pyridine rings is 1. The molecular weight excluding hydrogens is 246 g/mol. The molecule has 2 heterocycles. The van der Waals surface area contributed by atoms with Gasteiger partial charge in [-0.3, -0.25) is 0 Å². The number of thiophene rings is 1. The highest BCUT2D eigenvalue weighted by Gasteiger charge is 2.04. The van der Waals surface area contributed by atoms with Gasteiger partial charge in [0.25, 0.3) is 0 Å². The number of benzene rings is 1. The van der Waals surface area contributed by atoms with Gasteiger partial charge in [-0.15, -0.1) is 11.3 Å². The van der Waals surface area contributed by atoms with Crippen LogP contribution in [0, 0.1) is 6.92 Å². The van der Waals surface area contributed by atoms with Crippen molar-refractivity contribution in [2.24, 2.45) is 0 Å². The van der Waals surface area contributed by atoms with E-state index in [1.54, 1.807) is 23.1 Å². The lowest BCUT2D eigenvalue weighted by Crippen LogP contribution is -1.78. The molecule has 0 radical (unpaired) electrons. The maximum absolute atomic E-state index is 4.36.